The number of benzene rings is 3. The summed E-state index contributed by atoms with van der Waals surface area (Å²) < 4.78 is 34.9. The first-order chi connectivity index (χ1) is 18.8. The fourth-order valence-electron chi connectivity index (χ4n) is 4.89. The Morgan fingerprint density at radius 1 is 0.949 bits per heavy atom. The van der Waals surface area contributed by atoms with Crippen LogP contribution in [0.25, 0.3) is 55.7 Å². The van der Waals surface area contributed by atoms with Gasteiger partial charge in [-0.1, -0.05) is 6.07 Å². The second-order valence-electron chi connectivity index (χ2n) is 9.47. The number of rotatable bonds is 5. The molecule has 0 fully saturated rings. The van der Waals surface area contributed by atoms with Crippen LogP contribution in [0.5, 0.6) is 0 Å². The number of aromatic amines is 1. The van der Waals surface area contributed by atoms with E-state index in [0.29, 0.717) is 44.8 Å². The van der Waals surface area contributed by atoms with E-state index >= 15 is 4.39 Å². The average molecular weight is 523 g/mol. The van der Waals surface area contributed by atoms with Crippen molar-refractivity contribution in [2.24, 2.45) is 0 Å². The summed E-state index contributed by atoms with van der Waals surface area (Å²) in [5.74, 6) is -0.740. The number of hydrogen-bond acceptors (Lipinski definition) is 4. The molecule has 0 unspecified atom stereocenters. The Bertz CT molecular complexity index is 1840. The molecule has 3 heterocycles. The molecule has 0 saturated carbocycles. The fraction of sp³-hybridized carbons (Fsp3) is 0.0968. The van der Waals surface area contributed by atoms with Crippen molar-refractivity contribution in [1.82, 2.24) is 15.3 Å². The molecular formula is C31H24F2N4O2. The van der Waals surface area contributed by atoms with Gasteiger partial charge in [-0.05, 0) is 66.2 Å². The SMILES string of the molecule is CNC(=O)c1c(-c2ccc(F)cc2)oc2cc(N(C)C)c(-c3ccc(F)c(-c4cc5cccnc5[nH]4)c3)cc12. The zero-order chi connectivity index (χ0) is 27.3. The third-order valence-electron chi connectivity index (χ3n) is 6.81. The van der Waals surface area contributed by atoms with Gasteiger partial charge >= 0.3 is 0 Å². The van der Waals surface area contributed by atoms with Gasteiger partial charge in [0.15, 0.2) is 0 Å². The van der Waals surface area contributed by atoms with Gasteiger partial charge in [0.25, 0.3) is 5.91 Å². The number of amides is 1. The van der Waals surface area contributed by atoms with Gasteiger partial charge in [-0.3, -0.25) is 4.79 Å². The summed E-state index contributed by atoms with van der Waals surface area (Å²) in [5.41, 5.74) is 5.49. The van der Waals surface area contributed by atoms with Crippen LogP contribution in [0.2, 0.25) is 0 Å². The first kappa shape index (κ1) is 24.4. The lowest BCUT2D eigenvalue weighted by Crippen LogP contribution is -2.18. The van der Waals surface area contributed by atoms with E-state index in [1.54, 1.807) is 37.5 Å². The van der Waals surface area contributed by atoms with E-state index < -0.39 is 0 Å². The first-order valence-electron chi connectivity index (χ1n) is 12.3. The number of nitrogens with one attached hydrogen (secondary N) is 2. The summed E-state index contributed by atoms with van der Waals surface area (Å²) in [6.07, 6.45) is 1.68. The van der Waals surface area contributed by atoms with Gasteiger partial charge in [0.05, 0.1) is 11.3 Å². The Kier molecular flexibility index (Phi) is 5.87. The molecule has 0 atom stereocenters. The molecule has 0 aliphatic carbocycles. The van der Waals surface area contributed by atoms with E-state index in [4.69, 9.17) is 4.42 Å². The molecule has 0 spiro atoms. The quantitative estimate of drug-likeness (QED) is 0.255. The van der Waals surface area contributed by atoms with Crippen LogP contribution in [-0.4, -0.2) is 37.0 Å². The van der Waals surface area contributed by atoms with E-state index in [9.17, 15) is 9.18 Å². The Morgan fingerprint density at radius 3 is 2.44 bits per heavy atom. The largest absolute Gasteiger partial charge is 0.455 e. The summed E-state index contributed by atoms with van der Waals surface area (Å²) in [5, 5.41) is 4.16. The van der Waals surface area contributed by atoms with Gasteiger partial charge < -0.3 is 19.6 Å². The molecule has 2 N–H and O–H groups in total. The molecule has 1 amide bonds. The van der Waals surface area contributed by atoms with Crippen molar-refractivity contribution in [3.63, 3.8) is 0 Å². The van der Waals surface area contributed by atoms with Crippen LogP contribution in [0, 0.1) is 11.6 Å². The highest BCUT2D eigenvalue weighted by molar-refractivity contribution is 6.13. The van der Waals surface area contributed by atoms with E-state index in [2.05, 4.69) is 15.3 Å². The number of H-pyrrole nitrogens is 1. The third-order valence-corrected chi connectivity index (χ3v) is 6.81. The van der Waals surface area contributed by atoms with Gasteiger partial charge in [-0.2, -0.15) is 0 Å². The monoisotopic (exact) mass is 522 g/mol. The smallest absolute Gasteiger partial charge is 0.255 e. The van der Waals surface area contributed by atoms with Crippen LogP contribution < -0.4 is 10.2 Å². The summed E-state index contributed by atoms with van der Waals surface area (Å²) in [7, 11) is 5.36. The number of anilines is 1. The van der Waals surface area contributed by atoms with Crippen molar-refractivity contribution in [2.45, 2.75) is 0 Å². The van der Waals surface area contributed by atoms with Crippen LogP contribution in [0.3, 0.4) is 0 Å². The number of hydrogen-bond donors (Lipinski definition) is 2. The highest BCUT2D eigenvalue weighted by Gasteiger charge is 2.24. The summed E-state index contributed by atoms with van der Waals surface area (Å²) in [6, 6.07) is 20.1. The third kappa shape index (κ3) is 4.20. The van der Waals surface area contributed by atoms with Gasteiger partial charge in [-0.25, -0.2) is 13.8 Å². The minimum Gasteiger partial charge on any atom is -0.455 e. The number of halogens is 2. The van der Waals surface area contributed by atoms with Crippen molar-refractivity contribution in [1.29, 1.82) is 0 Å². The number of aromatic nitrogens is 2. The zero-order valence-corrected chi connectivity index (χ0v) is 21.5. The predicted molar refractivity (Wildman–Crippen MR) is 150 cm³/mol. The number of furan rings is 1. The predicted octanol–water partition coefficient (Wildman–Crippen LogP) is 7.01. The lowest BCUT2D eigenvalue weighted by molar-refractivity contribution is 0.0964. The van der Waals surface area contributed by atoms with E-state index in [0.717, 1.165) is 22.2 Å². The Morgan fingerprint density at radius 2 is 1.72 bits per heavy atom. The van der Waals surface area contributed by atoms with Gasteiger partial charge in [0, 0.05) is 66.6 Å². The molecule has 3 aromatic carbocycles. The van der Waals surface area contributed by atoms with Crippen LogP contribution in [0.15, 0.2) is 83.4 Å². The van der Waals surface area contributed by atoms with E-state index in [1.807, 2.05) is 49.3 Å². The van der Waals surface area contributed by atoms with Crippen LogP contribution >= 0.6 is 0 Å². The number of carbonyl (C=O) groups excluding carboxylic acids is 1. The molecule has 194 valence electrons. The van der Waals surface area contributed by atoms with Gasteiger partial charge in [0.2, 0.25) is 0 Å². The molecule has 6 nitrogen and oxygen atoms in total. The van der Waals surface area contributed by atoms with Crippen molar-refractivity contribution < 1.29 is 18.0 Å². The number of pyridine rings is 1. The average Bonchev–Trinajstić information content (AvgIpc) is 3.54. The van der Waals surface area contributed by atoms with Crippen molar-refractivity contribution >= 4 is 33.6 Å². The number of nitrogens with zero attached hydrogens (tertiary/aromatic N) is 2. The number of carbonyl (C=O) groups is 1. The lowest BCUT2D eigenvalue weighted by atomic mass is 9.96. The molecule has 6 aromatic rings. The van der Waals surface area contributed by atoms with Crippen LogP contribution in [0.1, 0.15) is 10.4 Å². The van der Waals surface area contributed by atoms with Crippen molar-refractivity contribution in [2.75, 3.05) is 26.0 Å². The highest BCUT2D eigenvalue weighted by atomic mass is 19.1. The van der Waals surface area contributed by atoms with Crippen LogP contribution in [-0.2, 0) is 0 Å². The maximum absolute atomic E-state index is 15.1. The van der Waals surface area contributed by atoms with Gasteiger partial charge in [0.1, 0.15) is 28.6 Å². The first-order valence-corrected chi connectivity index (χ1v) is 12.3. The van der Waals surface area contributed by atoms with Crippen LogP contribution in [0.4, 0.5) is 14.5 Å². The normalized spacial score (nSPS) is 11.3. The molecule has 0 saturated heterocycles. The Labute approximate surface area is 222 Å². The molecule has 0 bridgehead atoms. The van der Waals surface area contributed by atoms with E-state index in [1.165, 1.54) is 18.2 Å². The molecule has 8 heteroatoms. The molecule has 0 radical (unpaired) electrons. The summed E-state index contributed by atoms with van der Waals surface area (Å²) >= 11 is 0. The molecule has 3 aromatic heterocycles. The molecular weight excluding hydrogens is 498 g/mol. The molecule has 0 aliphatic rings. The maximum atomic E-state index is 15.1. The van der Waals surface area contributed by atoms with Gasteiger partial charge in [-0.15, -0.1) is 0 Å². The summed E-state index contributed by atoms with van der Waals surface area (Å²) in [6.45, 7) is 0. The molecule has 6 rings (SSSR count). The van der Waals surface area contributed by atoms with E-state index in [-0.39, 0.29) is 17.5 Å². The number of fused-ring (bicyclic) bond motifs is 2. The molecule has 39 heavy (non-hydrogen) atoms. The zero-order valence-electron chi connectivity index (χ0n) is 21.5. The Hall–Kier alpha value is -4.98. The fourth-order valence-corrected chi connectivity index (χ4v) is 4.89. The minimum atomic E-state index is -0.383. The lowest BCUT2D eigenvalue weighted by Gasteiger charge is -2.18. The maximum Gasteiger partial charge on any atom is 0.255 e. The topological polar surface area (TPSA) is 74.2 Å². The van der Waals surface area contributed by atoms with Crippen molar-refractivity contribution in [3.8, 4) is 33.7 Å². The summed E-state index contributed by atoms with van der Waals surface area (Å²) in [4.78, 5) is 22.5. The minimum absolute atomic E-state index is 0.331. The standard InChI is InChI=1S/C31H24F2N4O2/c1-34-31(38)28-23-15-21(26(37(2)3)16-27(23)39-29(28)17-6-9-20(32)10-7-17)18-8-11-24(33)22(13-18)25-14-19-5-4-12-35-30(19)36-25/h4-16H,1-3H3,(H,34,38)(H,35,36). The molecule has 0 aliphatic heterocycles. The Balaban J connectivity index is 1.58. The van der Waals surface area contributed by atoms with Crippen molar-refractivity contribution in [3.05, 3.63) is 96.2 Å². The highest BCUT2D eigenvalue weighted by Crippen LogP contribution is 2.41. The second-order valence-corrected chi connectivity index (χ2v) is 9.47. The second kappa shape index (κ2) is 9.40.